The Morgan fingerprint density at radius 2 is 1.79 bits per heavy atom. The van der Waals surface area contributed by atoms with Crippen molar-refractivity contribution in [3.05, 3.63) is 64.7 Å². The number of carbonyl (C=O) groups is 1. The van der Waals surface area contributed by atoms with Crippen LogP contribution in [-0.4, -0.2) is 12.0 Å². The molecule has 2 rings (SSSR count). The van der Waals surface area contributed by atoms with Gasteiger partial charge in [0.2, 0.25) is 0 Å². The van der Waals surface area contributed by atoms with Crippen LogP contribution in [-0.2, 0) is 11.2 Å². The number of ether oxygens (including phenoxy) is 1. The van der Waals surface area contributed by atoms with Crippen LogP contribution in [0.5, 0.6) is 5.75 Å². The van der Waals surface area contributed by atoms with Gasteiger partial charge in [0.1, 0.15) is 5.75 Å². The van der Waals surface area contributed by atoms with Gasteiger partial charge in [-0.15, -0.1) is 0 Å². The number of carbonyl (C=O) groups excluding carboxylic acids is 1. The maximum atomic E-state index is 12.5. The molecule has 0 radical (unpaired) electrons. The Balaban J connectivity index is 2.01. The molecule has 1 N–H and O–H groups in total. The first-order valence-corrected chi connectivity index (χ1v) is 8.73. The molecule has 0 heterocycles. The quantitative estimate of drug-likeness (QED) is 0.772. The predicted octanol–water partition coefficient (Wildman–Crippen LogP) is 4.94. The minimum atomic E-state index is -0.567. The fourth-order valence-electron chi connectivity index (χ4n) is 2.45. The number of aryl methyl sites for hydroxylation is 1. The SMILES string of the molecule is CCc1ccc([C@H](C)NC(=O)[C@@H](CC)Oc2ccccc2Cl)cc1. The molecular formula is C20H24ClNO2. The third kappa shape index (κ3) is 4.75. The summed E-state index contributed by atoms with van der Waals surface area (Å²) in [5.74, 6) is 0.394. The van der Waals surface area contributed by atoms with E-state index in [2.05, 4.69) is 36.5 Å². The zero-order valence-electron chi connectivity index (χ0n) is 14.4. The van der Waals surface area contributed by atoms with Crippen molar-refractivity contribution in [3.63, 3.8) is 0 Å². The molecule has 0 aliphatic heterocycles. The van der Waals surface area contributed by atoms with Gasteiger partial charge in [-0.1, -0.05) is 61.8 Å². The molecule has 0 unspecified atom stereocenters. The normalized spacial score (nSPS) is 13.2. The number of amides is 1. The Bertz CT molecular complexity index is 670. The molecule has 0 aliphatic carbocycles. The number of para-hydroxylation sites is 1. The van der Waals surface area contributed by atoms with Gasteiger partial charge in [-0.05, 0) is 43.0 Å². The van der Waals surface area contributed by atoms with E-state index in [9.17, 15) is 4.79 Å². The second kappa shape index (κ2) is 8.74. The summed E-state index contributed by atoms with van der Waals surface area (Å²) in [5, 5.41) is 3.52. The zero-order chi connectivity index (χ0) is 17.5. The number of hydrogen-bond donors (Lipinski definition) is 1. The van der Waals surface area contributed by atoms with Crippen LogP contribution in [0.1, 0.15) is 44.4 Å². The van der Waals surface area contributed by atoms with E-state index in [1.807, 2.05) is 26.0 Å². The number of rotatable bonds is 7. The van der Waals surface area contributed by atoms with Crippen LogP contribution in [0.4, 0.5) is 0 Å². The second-order valence-electron chi connectivity index (χ2n) is 5.77. The molecule has 4 heteroatoms. The Kier molecular flexibility index (Phi) is 6.68. The number of hydrogen-bond acceptors (Lipinski definition) is 2. The highest BCUT2D eigenvalue weighted by Crippen LogP contribution is 2.25. The van der Waals surface area contributed by atoms with Gasteiger partial charge in [-0.3, -0.25) is 4.79 Å². The summed E-state index contributed by atoms with van der Waals surface area (Å²) in [7, 11) is 0. The van der Waals surface area contributed by atoms with Crippen LogP contribution in [0, 0.1) is 0 Å². The lowest BCUT2D eigenvalue weighted by atomic mass is 10.0. The number of nitrogens with one attached hydrogen (secondary N) is 1. The lowest BCUT2D eigenvalue weighted by molar-refractivity contribution is -0.128. The van der Waals surface area contributed by atoms with Gasteiger partial charge in [-0.2, -0.15) is 0 Å². The van der Waals surface area contributed by atoms with Gasteiger partial charge >= 0.3 is 0 Å². The summed E-state index contributed by atoms with van der Waals surface area (Å²) in [4.78, 5) is 12.5. The lowest BCUT2D eigenvalue weighted by Crippen LogP contribution is -2.39. The zero-order valence-corrected chi connectivity index (χ0v) is 15.1. The molecular weight excluding hydrogens is 322 g/mol. The fraction of sp³-hybridized carbons (Fsp3) is 0.350. The molecule has 0 saturated carbocycles. The van der Waals surface area contributed by atoms with E-state index in [1.165, 1.54) is 5.56 Å². The standard InChI is InChI=1S/C20H24ClNO2/c1-4-15-10-12-16(13-11-15)14(3)22-20(23)18(5-2)24-19-9-7-6-8-17(19)21/h6-14,18H,4-5H2,1-3H3,(H,22,23)/t14-,18+/m0/s1. The van der Waals surface area contributed by atoms with Crippen molar-refractivity contribution in [1.82, 2.24) is 5.32 Å². The van der Waals surface area contributed by atoms with E-state index in [0.29, 0.717) is 17.2 Å². The molecule has 0 saturated heterocycles. The average Bonchev–Trinajstić information content (AvgIpc) is 2.61. The van der Waals surface area contributed by atoms with Crippen molar-refractivity contribution < 1.29 is 9.53 Å². The molecule has 2 aromatic carbocycles. The highest BCUT2D eigenvalue weighted by molar-refractivity contribution is 6.32. The Morgan fingerprint density at radius 1 is 1.12 bits per heavy atom. The molecule has 0 aromatic heterocycles. The van der Waals surface area contributed by atoms with Crippen molar-refractivity contribution in [2.75, 3.05) is 0 Å². The van der Waals surface area contributed by atoms with Crippen LogP contribution in [0.15, 0.2) is 48.5 Å². The predicted molar refractivity (Wildman–Crippen MR) is 98.5 cm³/mol. The van der Waals surface area contributed by atoms with Crippen LogP contribution in [0.25, 0.3) is 0 Å². The molecule has 0 aliphatic rings. The van der Waals surface area contributed by atoms with Crippen LogP contribution < -0.4 is 10.1 Å². The maximum absolute atomic E-state index is 12.5. The van der Waals surface area contributed by atoms with Crippen LogP contribution in [0.2, 0.25) is 5.02 Å². The molecule has 1 amide bonds. The highest BCUT2D eigenvalue weighted by atomic mass is 35.5. The molecule has 0 bridgehead atoms. The van der Waals surface area contributed by atoms with E-state index in [4.69, 9.17) is 16.3 Å². The molecule has 0 fully saturated rings. The summed E-state index contributed by atoms with van der Waals surface area (Å²) in [6, 6.07) is 15.4. The van der Waals surface area contributed by atoms with E-state index >= 15 is 0 Å². The van der Waals surface area contributed by atoms with Gasteiger partial charge in [-0.25, -0.2) is 0 Å². The Hall–Kier alpha value is -2.00. The summed E-state index contributed by atoms with van der Waals surface area (Å²) in [6.07, 6.45) is 1.01. The van der Waals surface area contributed by atoms with E-state index in [1.54, 1.807) is 12.1 Å². The summed E-state index contributed by atoms with van der Waals surface area (Å²) in [5.41, 5.74) is 2.36. The molecule has 2 atom stereocenters. The third-order valence-corrected chi connectivity index (χ3v) is 4.33. The van der Waals surface area contributed by atoms with Crippen molar-refractivity contribution in [3.8, 4) is 5.75 Å². The molecule has 0 spiro atoms. The van der Waals surface area contributed by atoms with E-state index in [0.717, 1.165) is 12.0 Å². The number of halogens is 1. The van der Waals surface area contributed by atoms with Crippen molar-refractivity contribution in [2.24, 2.45) is 0 Å². The largest absolute Gasteiger partial charge is 0.479 e. The molecule has 2 aromatic rings. The first-order chi connectivity index (χ1) is 11.5. The van der Waals surface area contributed by atoms with Crippen molar-refractivity contribution in [2.45, 2.75) is 45.8 Å². The monoisotopic (exact) mass is 345 g/mol. The number of benzene rings is 2. The van der Waals surface area contributed by atoms with Crippen molar-refractivity contribution in [1.29, 1.82) is 0 Å². The minimum Gasteiger partial charge on any atom is -0.479 e. The maximum Gasteiger partial charge on any atom is 0.261 e. The smallest absolute Gasteiger partial charge is 0.261 e. The second-order valence-corrected chi connectivity index (χ2v) is 6.18. The van der Waals surface area contributed by atoms with Crippen LogP contribution >= 0.6 is 11.6 Å². The third-order valence-electron chi connectivity index (χ3n) is 4.02. The average molecular weight is 346 g/mol. The van der Waals surface area contributed by atoms with Crippen molar-refractivity contribution >= 4 is 17.5 Å². The fourth-order valence-corrected chi connectivity index (χ4v) is 2.63. The topological polar surface area (TPSA) is 38.3 Å². The summed E-state index contributed by atoms with van der Waals surface area (Å²) >= 11 is 6.10. The molecule has 128 valence electrons. The Morgan fingerprint density at radius 3 is 2.38 bits per heavy atom. The lowest BCUT2D eigenvalue weighted by Gasteiger charge is -2.21. The van der Waals surface area contributed by atoms with Gasteiger partial charge in [0.05, 0.1) is 11.1 Å². The molecule has 3 nitrogen and oxygen atoms in total. The minimum absolute atomic E-state index is 0.0766. The van der Waals surface area contributed by atoms with Crippen LogP contribution in [0.3, 0.4) is 0 Å². The Labute approximate surface area is 149 Å². The van der Waals surface area contributed by atoms with Gasteiger partial charge in [0, 0.05) is 0 Å². The van der Waals surface area contributed by atoms with E-state index in [-0.39, 0.29) is 11.9 Å². The van der Waals surface area contributed by atoms with E-state index < -0.39 is 6.10 Å². The highest BCUT2D eigenvalue weighted by Gasteiger charge is 2.21. The molecule has 24 heavy (non-hydrogen) atoms. The summed E-state index contributed by atoms with van der Waals surface area (Å²) < 4.78 is 5.79. The van der Waals surface area contributed by atoms with Gasteiger partial charge in [0.15, 0.2) is 6.10 Å². The summed E-state index contributed by atoms with van der Waals surface area (Å²) in [6.45, 7) is 6.01. The first-order valence-electron chi connectivity index (χ1n) is 8.35. The first kappa shape index (κ1) is 18.3. The van der Waals surface area contributed by atoms with Gasteiger partial charge < -0.3 is 10.1 Å². The van der Waals surface area contributed by atoms with Gasteiger partial charge in [0.25, 0.3) is 5.91 Å².